The number of methoxy groups -OCH3 is 1. The highest BCUT2D eigenvalue weighted by atomic mass is 79.9. The Morgan fingerprint density at radius 1 is 1.56 bits per heavy atom. The van der Waals surface area contributed by atoms with Crippen LogP contribution in [0.25, 0.3) is 0 Å². The van der Waals surface area contributed by atoms with Crippen molar-refractivity contribution in [3.8, 4) is 0 Å². The van der Waals surface area contributed by atoms with E-state index in [0.29, 0.717) is 12.8 Å². The quantitative estimate of drug-likeness (QED) is 0.907. The van der Waals surface area contributed by atoms with Gasteiger partial charge in [0.2, 0.25) is 0 Å². The third-order valence-electron chi connectivity index (χ3n) is 4.00. The number of aliphatic hydroxyl groups excluding tert-OH is 1. The summed E-state index contributed by atoms with van der Waals surface area (Å²) in [6, 6.07) is 0. The van der Waals surface area contributed by atoms with E-state index in [1.165, 1.54) is 6.42 Å². The summed E-state index contributed by atoms with van der Waals surface area (Å²) in [4.78, 5) is 0. The van der Waals surface area contributed by atoms with Crippen molar-refractivity contribution in [1.29, 1.82) is 0 Å². The van der Waals surface area contributed by atoms with E-state index in [-0.39, 0.29) is 11.7 Å². The summed E-state index contributed by atoms with van der Waals surface area (Å²) in [5.74, 6) is 0. The molecule has 0 amide bonds. The number of nitrogens with zero attached hydrogens (tertiary/aromatic N) is 2. The first-order valence-electron chi connectivity index (χ1n) is 6.38. The predicted molar refractivity (Wildman–Crippen MR) is 73.6 cm³/mol. The van der Waals surface area contributed by atoms with Gasteiger partial charge in [0.25, 0.3) is 0 Å². The fourth-order valence-electron chi connectivity index (χ4n) is 2.69. The van der Waals surface area contributed by atoms with Crippen LogP contribution < -0.4 is 0 Å². The molecule has 0 radical (unpaired) electrons. The van der Waals surface area contributed by atoms with Crippen LogP contribution in [0.2, 0.25) is 0 Å². The minimum Gasteiger partial charge on any atom is -0.393 e. The molecule has 1 saturated carbocycles. The van der Waals surface area contributed by atoms with Gasteiger partial charge in [-0.2, -0.15) is 5.10 Å². The number of hydrogen-bond acceptors (Lipinski definition) is 3. The average Bonchev–Trinajstić information content (AvgIpc) is 2.51. The van der Waals surface area contributed by atoms with Crippen molar-refractivity contribution in [1.82, 2.24) is 9.78 Å². The zero-order valence-electron chi connectivity index (χ0n) is 11.2. The summed E-state index contributed by atoms with van der Waals surface area (Å²) < 4.78 is 8.39. The number of aliphatic hydroxyl groups is 1. The first-order valence-corrected chi connectivity index (χ1v) is 7.18. The van der Waals surface area contributed by atoms with Crippen molar-refractivity contribution in [2.75, 3.05) is 7.11 Å². The molecular weight excluding hydrogens is 296 g/mol. The van der Waals surface area contributed by atoms with E-state index in [9.17, 15) is 5.11 Å². The van der Waals surface area contributed by atoms with Crippen LogP contribution in [0, 0.1) is 6.92 Å². The van der Waals surface area contributed by atoms with E-state index in [0.717, 1.165) is 28.7 Å². The Morgan fingerprint density at radius 3 is 2.61 bits per heavy atom. The van der Waals surface area contributed by atoms with E-state index in [2.05, 4.69) is 21.0 Å². The second-order valence-corrected chi connectivity index (χ2v) is 6.07. The highest BCUT2D eigenvalue weighted by Crippen LogP contribution is 2.39. The van der Waals surface area contributed by atoms with Crippen LogP contribution in [-0.2, 0) is 18.2 Å². The molecule has 1 heterocycles. The van der Waals surface area contributed by atoms with Crippen molar-refractivity contribution >= 4 is 15.9 Å². The number of hydrogen-bond donors (Lipinski definition) is 1. The number of aryl methyl sites for hydroxylation is 2. The molecule has 1 fully saturated rings. The highest BCUT2D eigenvalue weighted by molar-refractivity contribution is 9.10. The largest absolute Gasteiger partial charge is 0.393 e. The fourth-order valence-corrected chi connectivity index (χ4v) is 3.19. The van der Waals surface area contributed by atoms with Crippen LogP contribution in [0.1, 0.15) is 37.1 Å². The topological polar surface area (TPSA) is 47.3 Å². The van der Waals surface area contributed by atoms with Gasteiger partial charge >= 0.3 is 0 Å². The molecule has 0 spiro atoms. The lowest BCUT2D eigenvalue weighted by Crippen LogP contribution is -2.42. The molecular formula is C13H21BrN2O2. The smallest absolute Gasteiger partial charge is 0.0738 e. The molecule has 18 heavy (non-hydrogen) atoms. The van der Waals surface area contributed by atoms with Gasteiger partial charge in [-0.15, -0.1) is 0 Å². The van der Waals surface area contributed by atoms with Gasteiger partial charge in [0, 0.05) is 27.0 Å². The Kier molecular flexibility index (Phi) is 4.14. The maximum atomic E-state index is 10.3. The normalized spacial score (nSPS) is 19.6. The zero-order valence-corrected chi connectivity index (χ0v) is 12.8. The van der Waals surface area contributed by atoms with Gasteiger partial charge in [-0.05, 0) is 42.1 Å². The predicted octanol–water partition coefficient (Wildman–Crippen LogP) is 2.35. The molecule has 1 aliphatic rings. The Morgan fingerprint density at radius 2 is 2.22 bits per heavy atom. The van der Waals surface area contributed by atoms with Gasteiger partial charge in [0.1, 0.15) is 0 Å². The van der Waals surface area contributed by atoms with Crippen molar-refractivity contribution in [2.45, 2.75) is 50.7 Å². The third kappa shape index (κ3) is 2.63. The summed E-state index contributed by atoms with van der Waals surface area (Å²) in [6.07, 6.45) is 4.27. The first-order chi connectivity index (χ1) is 8.47. The van der Waals surface area contributed by atoms with Gasteiger partial charge < -0.3 is 9.84 Å². The van der Waals surface area contributed by atoms with Crippen molar-refractivity contribution in [3.63, 3.8) is 0 Å². The molecule has 1 unspecified atom stereocenters. The maximum Gasteiger partial charge on any atom is 0.0738 e. The van der Waals surface area contributed by atoms with E-state index >= 15 is 0 Å². The lowest BCUT2D eigenvalue weighted by molar-refractivity contribution is -0.0990. The lowest BCUT2D eigenvalue weighted by atomic mass is 9.75. The zero-order chi connectivity index (χ0) is 13.3. The minimum atomic E-state index is -0.378. The summed E-state index contributed by atoms with van der Waals surface area (Å²) in [5, 5.41) is 14.6. The van der Waals surface area contributed by atoms with Crippen LogP contribution in [-0.4, -0.2) is 33.7 Å². The SMILES string of the molecule is COC1(CC(O)Cc2c(Br)c(C)nn2C)CCC1. The molecule has 2 rings (SSSR count). The lowest BCUT2D eigenvalue weighted by Gasteiger charge is -2.41. The standard InChI is InChI=1S/C13H21BrN2O2/c1-9-12(14)11(16(2)15-9)7-10(17)8-13(18-3)5-4-6-13/h10,17H,4-8H2,1-3H3. The second kappa shape index (κ2) is 5.31. The van der Waals surface area contributed by atoms with Crippen LogP contribution in [0.3, 0.4) is 0 Å². The Labute approximate surface area is 116 Å². The summed E-state index contributed by atoms with van der Waals surface area (Å²) >= 11 is 3.53. The van der Waals surface area contributed by atoms with Crippen molar-refractivity contribution in [3.05, 3.63) is 15.9 Å². The number of rotatable bonds is 5. The fraction of sp³-hybridized carbons (Fsp3) is 0.769. The van der Waals surface area contributed by atoms with Crippen LogP contribution in [0.15, 0.2) is 4.47 Å². The Balaban J connectivity index is 2.00. The second-order valence-electron chi connectivity index (χ2n) is 5.27. The molecule has 0 aromatic carbocycles. The molecule has 1 aromatic rings. The van der Waals surface area contributed by atoms with Gasteiger partial charge in [-0.25, -0.2) is 0 Å². The molecule has 4 nitrogen and oxygen atoms in total. The molecule has 1 aliphatic carbocycles. The molecule has 1 atom stereocenters. The van der Waals surface area contributed by atoms with Crippen LogP contribution in [0.5, 0.6) is 0 Å². The van der Waals surface area contributed by atoms with Gasteiger partial charge in [0.15, 0.2) is 0 Å². The van der Waals surface area contributed by atoms with Crippen LogP contribution in [0.4, 0.5) is 0 Å². The highest BCUT2D eigenvalue weighted by Gasteiger charge is 2.38. The monoisotopic (exact) mass is 316 g/mol. The number of ether oxygens (including phenoxy) is 1. The van der Waals surface area contributed by atoms with E-state index in [1.807, 2.05) is 18.7 Å². The Hall–Kier alpha value is -0.390. The van der Waals surface area contributed by atoms with E-state index < -0.39 is 0 Å². The number of aromatic nitrogens is 2. The van der Waals surface area contributed by atoms with Crippen LogP contribution >= 0.6 is 15.9 Å². The molecule has 1 N–H and O–H groups in total. The minimum absolute atomic E-state index is 0.0838. The van der Waals surface area contributed by atoms with E-state index in [4.69, 9.17) is 4.74 Å². The Bertz CT molecular complexity index is 421. The molecule has 1 aromatic heterocycles. The molecule has 102 valence electrons. The van der Waals surface area contributed by atoms with Gasteiger partial charge in [-0.3, -0.25) is 4.68 Å². The van der Waals surface area contributed by atoms with Gasteiger partial charge in [-0.1, -0.05) is 0 Å². The first kappa shape index (κ1) is 14.0. The summed E-state index contributed by atoms with van der Waals surface area (Å²) in [7, 11) is 3.66. The van der Waals surface area contributed by atoms with Crippen molar-refractivity contribution in [2.24, 2.45) is 7.05 Å². The maximum absolute atomic E-state index is 10.3. The summed E-state index contributed by atoms with van der Waals surface area (Å²) in [5.41, 5.74) is 1.93. The van der Waals surface area contributed by atoms with Gasteiger partial charge in [0.05, 0.1) is 27.6 Å². The molecule has 0 aliphatic heterocycles. The summed E-state index contributed by atoms with van der Waals surface area (Å²) in [6.45, 7) is 1.96. The third-order valence-corrected chi connectivity index (χ3v) is 5.03. The average molecular weight is 317 g/mol. The molecule has 5 heteroatoms. The molecule has 0 bridgehead atoms. The molecule has 0 saturated heterocycles. The van der Waals surface area contributed by atoms with E-state index in [1.54, 1.807) is 7.11 Å². The number of halogens is 1. The van der Waals surface area contributed by atoms with Crippen molar-refractivity contribution < 1.29 is 9.84 Å².